The second kappa shape index (κ2) is 1.37. The van der Waals surface area contributed by atoms with Gasteiger partial charge in [0.1, 0.15) is 0 Å². The van der Waals surface area contributed by atoms with Gasteiger partial charge in [-0.25, -0.2) is 0 Å². The Hall–Kier alpha value is 0.440. The first kappa shape index (κ1) is 5.14. The van der Waals surface area contributed by atoms with Gasteiger partial charge in [-0.15, -0.1) is 0 Å². The molecule has 0 aromatic heterocycles. The minimum atomic E-state index is 0.674. The summed E-state index contributed by atoms with van der Waals surface area (Å²) in [5.74, 6) is 1.75. The van der Waals surface area contributed by atoms with Crippen molar-refractivity contribution in [1.29, 1.82) is 0 Å². The van der Waals surface area contributed by atoms with Crippen molar-refractivity contribution in [2.75, 3.05) is 0 Å². The van der Waals surface area contributed by atoms with E-state index in [9.17, 15) is 0 Å². The van der Waals surface area contributed by atoms with Gasteiger partial charge < -0.3 is 4.74 Å². The summed E-state index contributed by atoms with van der Waals surface area (Å²) in [6.07, 6.45) is 4.16. The summed E-state index contributed by atoms with van der Waals surface area (Å²) < 4.78 is 5.48. The number of hydrogen-bond donors (Lipinski definition) is 0. The van der Waals surface area contributed by atoms with E-state index in [1.54, 1.807) is 0 Å². The Bertz CT molecular complexity index is 143. The largest absolute Gasteiger partial charge is 0.369 e. The van der Waals surface area contributed by atoms with E-state index in [1.165, 1.54) is 12.8 Å². The maximum atomic E-state index is 5.48. The molecule has 0 aromatic carbocycles. The van der Waals surface area contributed by atoms with E-state index in [-0.39, 0.29) is 0 Å². The number of hydrogen-bond acceptors (Lipinski definition) is 1. The van der Waals surface area contributed by atoms with Crippen molar-refractivity contribution in [3.63, 3.8) is 0 Å². The lowest BCUT2D eigenvalue weighted by Crippen LogP contribution is -2.11. The van der Waals surface area contributed by atoms with Crippen molar-refractivity contribution in [1.82, 2.24) is 0 Å². The van der Waals surface area contributed by atoms with Gasteiger partial charge in [0.25, 0.3) is 0 Å². The van der Waals surface area contributed by atoms with Crippen LogP contribution in [-0.2, 0) is 4.74 Å². The standard InChI is InChI=1S/C7H9BrO/c8-5-3-1-2-4(5)7-6(3)9-7/h3-7H,1-2H2. The summed E-state index contributed by atoms with van der Waals surface area (Å²) >= 11 is 3.72. The lowest BCUT2D eigenvalue weighted by Gasteiger charge is -2.08. The van der Waals surface area contributed by atoms with Gasteiger partial charge in [0.15, 0.2) is 0 Å². The molecule has 0 N–H and O–H groups in total. The van der Waals surface area contributed by atoms with Crippen molar-refractivity contribution < 1.29 is 4.74 Å². The Labute approximate surface area is 62.9 Å². The zero-order valence-corrected chi connectivity index (χ0v) is 6.67. The average Bonchev–Trinajstić information content (AvgIpc) is 2.53. The summed E-state index contributed by atoms with van der Waals surface area (Å²) in [5, 5.41) is 0. The van der Waals surface area contributed by atoms with E-state index >= 15 is 0 Å². The first-order valence-electron chi connectivity index (χ1n) is 3.67. The van der Waals surface area contributed by atoms with Gasteiger partial charge in [-0.05, 0) is 12.8 Å². The van der Waals surface area contributed by atoms with Crippen LogP contribution < -0.4 is 0 Å². The predicted molar refractivity (Wildman–Crippen MR) is 37.6 cm³/mol. The van der Waals surface area contributed by atoms with Crippen LogP contribution in [0.3, 0.4) is 0 Å². The predicted octanol–water partition coefficient (Wildman–Crippen LogP) is 1.56. The van der Waals surface area contributed by atoms with Crippen LogP contribution in [-0.4, -0.2) is 17.0 Å². The molecule has 2 bridgehead atoms. The normalized spacial score (nSPS) is 68.3. The van der Waals surface area contributed by atoms with Gasteiger partial charge in [-0.1, -0.05) is 15.9 Å². The number of alkyl halides is 1. The van der Waals surface area contributed by atoms with Crippen molar-refractivity contribution in [3.8, 4) is 0 Å². The van der Waals surface area contributed by atoms with Crippen molar-refractivity contribution >= 4 is 15.9 Å². The van der Waals surface area contributed by atoms with Gasteiger partial charge in [-0.2, -0.15) is 0 Å². The molecule has 1 aliphatic heterocycles. The molecule has 4 atom stereocenters. The number of fused-ring (bicyclic) bond motifs is 5. The average molecular weight is 189 g/mol. The minimum Gasteiger partial charge on any atom is -0.369 e. The SMILES string of the molecule is BrC1C2CCC1C1OC21. The van der Waals surface area contributed by atoms with E-state index in [2.05, 4.69) is 15.9 Å². The third-order valence-electron chi connectivity index (χ3n) is 3.06. The molecule has 0 radical (unpaired) electrons. The molecule has 9 heavy (non-hydrogen) atoms. The molecule has 3 aliphatic rings. The van der Waals surface area contributed by atoms with Crippen molar-refractivity contribution in [2.24, 2.45) is 11.8 Å². The molecule has 3 rings (SSSR count). The van der Waals surface area contributed by atoms with Crippen LogP contribution in [0.15, 0.2) is 0 Å². The number of rotatable bonds is 0. The molecule has 1 nitrogen and oxygen atoms in total. The number of halogens is 1. The molecule has 0 amide bonds. The van der Waals surface area contributed by atoms with Crippen LogP contribution >= 0.6 is 15.9 Å². The quantitative estimate of drug-likeness (QED) is 0.416. The van der Waals surface area contributed by atoms with Crippen LogP contribution in [0.1, 0.15) is 12.8 Å². The molecule has 2 aliphatic carbocycles. The number of ether oxygens (including phenoxy) is 1. The van der Waals surface area contributed by atoms with Gasteiger partial charge in [-0.3, -0.25) is 0 Å². The maximum absolute atomic E-state index is 5.48. The molecule has 4 unspecified atom stereocenters. The summed E-state index contributed by atoms with van der Waals surface area (Å²) in [7, 11) is 0. The van der Waals surface area contributed by atoms with Crippen LogP contribution in [0, 0.1) is 11.8 Å². The molecule has 1 saturated heterocycles. The van der Waals surface area contributed by atoms with E-state index in [0.717, 1.165) is 16.7 Å². The molecular weight excluding hydrogens is 180 g/mol. The highest BCUT2D eigenvalue weighted by molar-refractivity contribution is 9.09. The van der Waals surface area contributed by atoms with Crippen LogP contribution in [0.5, 0.6) is 0 Å². The summed E-state index contributed by atoms with van der Waals surface area (Å²) in [6.45, 7) is 0. The highest BCUT2D eigenvalue weighted by Gasteiger charge is 2.64. The Kier molecular flexibility index (Phi) is 0.784. The second-order valence-electron chi connectivity index (χ2n) is 3.41. The van der Waals surface area contributed by atoms with Gasteiger partial charge in [0.2, 0.25) is 0 Å². The summed E-state index contributed by atoms with van der Waals surface area (Å²) in [5.41, 5.74) is 0. The fourth-order valence-corrected chi connectivity index (χ4v) is 3.67. The minimum absolute atomic E-state index is 0.674. The van der Waals surface area contributed by atoms with Crippen LogP contribution in [0.2, 0.25) is 0 Å². The van der Waals surface area contributed by atoms with Gasteiger partial charge in [0.05, 0.1) is 12.2 Å². The monoisotopic (exact) mass is 188 g/mol. The molecule has 2 heteroatoms. The van der Waals surface area contributed by atoms with Crippen LogP contribution in [0.25, 0.3) is 0 Å². The van der Waals surface area contributed by atoms with E-state index in [0.29, 0.717) is 12.2 Å². The van der Waals surface area contributed by atoms with E-state index in [4.69, 9.17) is 4.74 Å². The maximum Gasteiger partial charge on any atom is 0.0884 e. The Morgan fingerprint density at radius 2 is 1.67 bits per heavy atom. The van der Waals surface area contributed by atoms with Gasteiger partial charge >= 0.3 is 0 Å². The Morgan fingerprint density at radius 1 is 1.11 bits per heavy atom. The van der Waals surface area contributed by atoms with Crippen molar-refractivity contribution in [2.45, 2.75) is 29.9 Å². The molecule has 3 fully saturated rings. The summed E-state index contributed by atoms with van der Waals surface area (Å²) in [4.78, 5) is 0.807. The third-order valence-corrected chi connectivity index (χ3v) is 4.41. The summed E-state index contributed by atoms with van der Waals surface area (Å²) in [6, 6.07) is 0. The molecular formula is C7H9BrO. The highest BCUT2D eigenvalue weighted by atomic mass is 79.9. The Morgan fingerprint density at radius 3 is 2.00 bits per heavy atom. The van der Waals surface area contributed by atoms with Crippen molar-refractivity contribution in [3.05, 3.63) is 0 Å². The molecule has 0 aromatic rings. The topological polar surface area (TPSA) is 12.5 Å². The first-order valence-corrected chi connectivity index (χ1v) is 4.59. The Balaban J connectivity index is 2.00. The van der Waals surface area contributed by atoms with E-state index < -0.39 is 0 Å². The molecule has 1 heterocycles. The first-order chi connectivity index (χ1) is 4.38. The zero-order valence-electron chi connectivity index (χ0n) is 5.09. The third kappa shape index (κ3) is 0.465. The zero-order chi connectivity index (χ0) is 6.01. The van der Waals surface area contributed by atoms with Crippen LogP contribution in [0.4, 0.5) is 0 Å². The molecule has 2 saturated carbocycles. The number of epoxide rings is 1. The lowest BCUT2D eigenvalue weighted by atomic mass is 10.0. The van der Waals surface area contributed by atoms with Gasteiger partial charge in [0, 0.05) is 16.7 Å². The second-order valence-corrected chi connectivity index (χ2v) is 4.47. The molecule has 50 valence electrons. The van der Waals surface area contributed by atoms with E-state index in [1.807, 2.05) is 0 Å². The highest BCUT2D eigenvalue weighted by Crippen LogP contribution is 2.58. The fraction of sp³-hybridized carbons (Fsp3) is 1.00. The molecule has 0 spiro atoms. The fourth-order valence-electron chi connectivity index (χ4n) is 2.54. The smallest absolute Gasteiger partial charge is 0.0884 e. The lowest BCUT2D eigenvalue weighted by molar-refractivity contribution is 0.272.